The molecular formula is C25H19F4N3O. The molecule has 33 heavy (non-hydrogen) atoms. The molecule has 0 spiro atoms. The highest BCUT2D eigenvalue weighted by Gasteiger charge is 2.36. The van der Waals surface area contributed by atoms with Crippen LogP contribution in [0, 0.1) is 5.82 Å². The fraction of sp³-hybridized carbons (Fsp3) is 0.200. The Balaban J connectivity index is 1.52. The van der Waals surface area contributed by atoms with Crippen molar-refractivity contribution in [2.24, 2.45) is 0 Å². The lowest BCUT2D eigenvalue weighted by molar-refractivity contribution is -0.137. The summed E-state index contributed by atoms with van der Waals surface area (Å²) in [6, 6.07) is 18.7. The van der Waals surface area contributed by atoms with Gasteiger partial charge in [0.2, 0.25) is 5.91 Å². The number of alkyl halides is 3. The molecule has 0 unspecified atom stereocenters. The lowest BCUT2D eigenvalue weighted by Crippen LogP contribution is -2.25. The van der Waals surface area contributed by atoms with Gasteiger partial charge in [-0.2, -0.15) is 13.2 Å². The number of hydrogen-bond acceptors (Lipinski definition) is 2. The third-order valence-corrected chi connectivity index (χ3v) is 5.95. The molecule has 0 radical (unpaired) electrons. The van der Waals surface area contributed by atoms with Crippen molar-refractivity contribution in [3.63, 3.8) is 0 Å². The fourth-order valence-corrected chi connectivity index (χ4v) is 4.35. The van der Waals surface area contributed by atoms with Gasteiger partial charge in [-0.15, -0.1) is 0 Å². The van der Waals surface area contributed by atoms with Crippen LogP contribution in [0.25, 0.3) is 11.0 Å². The summed E-state index contributed by atoms with van der Waals surface area (Å²) in [5.41, 5.74) is 1.41. The Morgan fingerprint density at radius 2 is 1.73 bits per heavy atom. The Morgan fingerprint density at radius 3 is 2.52 bits per heavy atom. The molecule has 3 aromatic carbocycles. The van der Waals surface area contributed by atoms with Gasteiger partial charge in [0.05, 0.1) is 23.1 Å². The standard InChI is InChI=1S/C25H19F4N3O/c26-20-9-2-1-6-16(20)14-32-22-11-4-3-10-21(22)30-24(32)17-12-23(33)31(15-17)19-8-5-7-18(13-19)25(27,28)29/h1-11,13,17H,12,14-15H2/t17-/m0/s1. The Labute approximate surface area is 187 Å². The molecule has 2 heterocycles. The lowest BCUT2D eigenvalue weighted by Gasteiger charge is -2.19. The summed E-state index contributed by atoms with van der Waals surface area (Å²) in [7, 11) is 0. The molecule has 0 bridgehead atoms. The number of imidazole rings is 1. The molecule has 1 aromatic heterocycles. The summed E-state index contributed by atoms with van der Waals surface area (Å²) in [4.78, 5) is 18.9. The SMILES string of the molecule is O=C1C[C@H](c2nc3ccccc3n2Cc2ccccc2F)CN1c1cccc(C(F)(F)F)c1. The Kier molecular flexibility index (Phi) is 5.15. The van der Waals surface area contributed by atoms with Gasteiger partial charge in [0.1, 0.15) is 11.6 Å². The molecular weight excluding hydrogens is 434 g/mol. The van der Waals surface area contributed by atoms with E-state index in [-0.39, 0.29) is 42.8 Å². The summed E-state index contributed by atoms with van der Waals surface area (Å²) in [6.45, 7) is 0.428. The first-order valence-corrected chi connectivity index (χ1v) is 10.5. The molecule has 1 aliphatic rings. The highest BCUT2D eigenvalue weighted by atomic mass is 19.4. The van der Waals surface area contributed by atoms with Crippen LogP contribution in [-0.4, -0.2) is 22.0 Å². The molecule has 5 rings (SSSR count). The minimum atomic E-state index is -4.49. The summed E-state index contributed by atoms with van der Waals surface area (Å²) < 4.78 is 55.7. The molecule has 1 amide bonds. The number of amides is 1. The highest BCUT2D eigenvalue weighted by Crippen LogP contribution is 2.36. The number of carbonyl (C=O) groups excluding carboxylic acids is 1. The van der Waals surface area contributed by atoms with Crippen LogP contribution < -0.4 is 4.90 Å². The van der Waals surface area contributed by atoms with E-state index >= 15 is 0 Å². The number of nitrogens with zero attached hydrogens (tertiary/aromatic N) is 3. The van der Waals surface area contributed by atoms with Gasteiger partial charge < -0.3 is 9.47 Å². The third-order valence-electron chi connectivity index (χ3n) is 5.95. The third kappa shape index (κ3) is 3.97. The van der Waals surface area contributed by atoms with Crippen LogP contribution in [0.1, 0.15) is 29.3 Å². The van der Waals surface area contributed by atoms with Gasteiger partial charge in [0.15, 0.2) is 0 Å². The first kappa shape index (κ1) is 21.2. The first-order valence-electron chi connectivity index (χ1n) is 10.5. The van der Waals surface area contributed by atoms with Crippen molar-refractivity contribution in [1.82, 2.24) is 9.55 Å². The van der Waals surface area contributed by atoms with Crippen LogP contribution in [0.3, 0.4) is 0 Å². The molecule has 8 heteroatoms. The molecule has 4 aromatic rings. The van der Waals surface area contributed by atoms with Crippen molar-refractivity contribution >= 4 is 22.6 Å². The Morgan fingerprint density at radius 1 is 0.970 bits per heavy atom. The number of hydrogen-bond donors (Lipinski definition) is 0. The average Bonchev–Trinajstić information content (AvgIpc) is 3.35. The van der Waals surface area contributed by atoms with Gasteiger partial charge in [-0.1, -0.05) is 36.4 Å². The number of para-hydroxylation sites is 2. The van der Waals surface area contributed by atoms with Gasteiger partial charge in [0, 0.05) is 30.1 Å². The van der Waals surface area contributed by atoms with E-state index in [2.05, 4.69) is 0 Å². The number of halogens is 4. The molecule has 168 valence electrons. The zero-order valence-electron chi connectivity index (χ0n) is 17.4. The monoisotopic (exact) mass is 453 g/mol. The maximum Gasteiger partial charge on any atom is 0.416 e. The van der Waals surface area contributed by atoms with E-state index in [0.29, 0.717) is 16.9 Å². The Bertz CT molecular complexity index is 1340. The van der Waals surface area contributed by atoms with Crippen LogP contribution >= 0.6 is 0 Å². The number of rotatable bonds is 4. The average molecular weight is 453 g/mol. The van der Waals surface area contributed by atoms with E-state index in [4.69, 9.17) is 4.98 Å². The van der Waals surface area contributed by atoms with Gasteiger partial charge in [-0.3, -0.25) is 4.79 Å². The van der Waals surface area contributed by atoms with Crippen molar-refractivity contribution in [1.29, 1.82) is 0 Å². The van der Waals surface area contributed by atoms with Crippen LogP contribution in [-0.2, 0) is 17.5 Å². The number of fused-ring (bicyclic) bond motifs is 1. The minimum absolute atomic E-state index is 0.108. The van der Waals surface area contributed by atoms with E-state index in [1.54, 1.807) is 18.2 Å². The highest BCUT2D eigenvalue weighted by molar-refractivity contribution is 5.96. The molecule has 0 N–H and O–H groups in total. The zero-order chi connectivity index (χ0) is 23.2. The molecule has 1 saturated heterocycles. The molecule has 1 fully saturated rings. The molecule has 0 aliphatic carbocycles. The molecule has 4 nitrogen and oxygen atoms in total. The predicted octanol–water partition coefficient (Wildman–Crippen LogP) is 5.76. The van der Waals surface area contributed by atoms with Crippen LogP contribution in [0.15, 0.2) is 72.8 Å². The smallest absolute Gasteiger partial charge is 0.323 e. The van der Waals surface area contributed by atoms with E-state index in [9.17, 15) is 22.4 Å². The van der Waals surface area contributed by atoms with E-state index < -0.39 is 11.7 Å². The fourth-order valence-electron chi connectivity index (χ4n) is 4.35. The number of benzene rings is 3. The quantitative estimate of drug-likeness (QED) is 0.369. The number of carbonyl (C=O) groups is 1. The summed E-state index contributed by atoms with van der Waals surface area (Å²) in [5, 5.41) is 0. The van der Waals surface area contributed by atoms with E-state index in [1.165, 1.54) is 23.1 Å². The van der Waals surface area contributed by atoms with Crippen molar-refractivity contribution in [3.05, 3.63) is 95.6 Å². The van der Waals surface area contributed by atoms with Crippen LogP contribution in [0.2, 0.25) is 0 Å². The second kappa shape index (κ2) is 8.03. The summed E-state index contributed by atoms with van der Waals surface area (Å²) >= 11 is 0. The van der Waals surface area contributed by atoms with Crippen molar-refractivity contribution in [2.45, 2.75) is 25.1 Å². The molecule has 0 saturated carbocycles. The normalized spacial score (nSPS) is 16.7. The summed E-state index contributed by atoms with van der Waals surface area (Å²) in [6.07, 6.45) is -4.39. The summed E-state index contributed by atoms with van der Waals surface area (Å²) in [5.74, 6) is -0.341. The number of aromatic nitrogens is 2. The van der Waals surface area contributed by atoms with E-state index in [1.807, 2.05) is 28.8 Å². The second-order valence-electron chi connectivity index (χ2n) is 8.09. The largest absolute Gasteiger partial charge is 0.416 e. The van der Waals surface area contributed by atoms with Gasteiger partial charge in [0.25, 0.3) is 0 Å². The van der Waals surface area contributed by atoms with Crippen molar-refractivity contribution in [2.75, 3.05) is 11.4 Å². The number of anilines is 1. The van der Waals surface area contributed by atoms with Gasteiger partial charge >= 0.3 is 6.18 Å². The molecule has 1 atom stereocenters. The van der Waals surface area contributed by atoms with Gasteiger partial charge in [-0.05, 0) is 36.4 Å². The predicted molar refractivity (Wildman–Crippen MR) is 116 cm³/mol. The minimum Gasteiger partial charge on any atom is -0.323 e. The Hall–Kier alpha value is -3.68. The van der Waals surface area contributed by atoms with Crippen molar-refractivity contribution in [3.8, 4) is 0 Å². The maximum atomic E-state index is 14.4. The van der Waals surface area contributed by atoms with Crippen LogP contribution in [0.5, 0.6) is 0 Å². The van der Waals surface area contributed by atoms with E-state index in [0.717, 1.165) is 17.6 Å². The maximum absolute atomic E-state index is 14.4. The zero-order valence-corrected chi connectivity index (χ0v) is 17.4. The molecule has 1 aliphatic heterocycles. The second-order valence-corrected chi connectivity index (χ2v) is 8.09. The van der Waals surface area contributed by atoms with Crippen LogP contribution in [0.4, 0.5) is 23.2 Å². The van der Waals surface area contributed by atoms with Crippen molar-refractivity contribution < 1.29 is 22.4 Å². The topological polar surface area (TPSA) is 38.1 Å². The lowest BCUT2D eigenvalue weighted by atomic mass is 10.1. The van der Waals surface area contributed by atoms with Gasteiger partial charge in [-0.25, -0.2) is 9.37 Å². The first-order chi connectivity index (χ1) is 15.8.